The van der Waals surface area contributed by atoms with E-state index in [1.54, 1.807) is 0 Å². The van der Waals surface area contributed by atoms with Crippen LogP contribution in [0.1, 0.15) is 83.7 Å². The zero-order valence-electron chi connectivity index (χ0n) is 33.6. The summed E-state index contributed by atoms with van der Waals surface area (Å²) < 4.78 is 28.4. The number of aryl methyl sites for hydroxylation is 1. The molecule has 3 aliphatic carbocycles. The van der Waals surface area contributed by atoms with Crippen LogP contribution in [0.15, 0.2) is 154 Å². The van der Waals surface area contributed by atoms with Crippen molar-refractivity contribution in [2.75, 3.05) is 0 Å². The minimum absolute atomic E-state index is 0.0173. The van der Waals surface area contributed by atoms with E-state index in [2.05, 4.69) is 172 Å². The van der Waals surface area contributed by atoms with Crippen molar-refractivity contribution in [2.24, 2.45) is 0 Å². The molecule has 4 nitrogen and oxygen atoms in total. The maximum atomic E-state index is 7.21. The van der Waals surface area contributed by atoms with Crippen molar-refractivity contribution >= 4 is 55.6 Å². The minimum Gasteiger partial charge on any atom is -0.395 e. The zero-order valence-corrected chi connectivity index (χ0v) is 35.5. The van der Waals surface area contributed by atoms with E-state index in [9.17, 15) is 0 Å². The van der Waals surface area contributed by atoms with Crippen molar-refractivity contribution < 1.29 is 17.4 Å². The molecule has 0 aliphatic heterocycles. The van der Waals surface area contributed by atoms with Gasteiger partial charge in [0.1, 0.15) is 17.1 Å². The van der Waals surface area contributed by atoms with Crippen molar-refractivity contribution in [3.8, 4) is 16.9 Å². The molecule has 0 N–H and O–H groups in total. The molecule has 6 unspecified atom stereocenters. The van der Waals surface area contributed by atoms with Crippen LogP contribution >= 0.6 is 17.0 Å². The Morgan fingerprint density at radius 3 is 2.39 bits per heavy atom. The van der Waals surface area contributed by atoms with E-state index in [-0.39, 0.29) is 23.1 Å². The summed E-state index contributed by atoms with van der Waals surface area (Å²) in [7, 11) is -1.61. The number of hydrogen-bond donors (Lipinski definition) is 0. The summed E-state index contributed by atoms with van der Waals surface area (Å²) in [6.45, 7) is 6.92. The monoisotopic (exact) mass is 808 g/mol. The average Bonchev–Trinajstić information content (AvgIpc) is 3.42. The molecule has 0 radical (unpaired) electrons. The number of rotatable bonds is 8. The van der Waals surface area contributed by atoms with Crippen LogP contribution in [0.5, 0.6) is 5.75 Å². The molecule has 6 atom stereocenters. The predicted molar refractivity (Wildman–Crippen MR) is 246 cm³/mol. The largest absolute Gasteiger partial charge is 0.452 e. The molecule has 1 aromatic heterocycles. The quantitative estimate of drug-likeness (QED) is 0.143. The molecule has 0 spiro atoms. The van der Waals surface area contributed by atoms with Crippen molar-refractivity contribution in [3.63, 3.8) is 0 Å². The van der Waals surface area contributed by atoms with Crippen LogP contribution < -0.4 is 4.52 Å². The highest BCUT2D eigenvalue weighted by Gasteiger charge is 2.41. The van der Waals surface area contributed by atoms with E-state index >= 15 is 0 Å². The fraction of sp³-hybridized carbons (Fsp3) is 0.208. The first-order valence-corrected chi connectivity index (χ1v) is 23.0. The van der Waals surface area contributed by atoms with Crippen LogP contribution in [0, 0.1) is 0 Å². The van der Waals surface area contributed by atoms with Crippen molar-refractivity contribution in [3.05, 3.63) is 190 Å². The molecular weight excluding hydrogens is 763 g/mol. The highest BCUT2D eigenvalue weighted by molar-refractivity contribution is 7.34. The van der Waals surface area contributed by atoms with Gasteiger partial charge in [-0.15, -0.1) is 0 Å². The third-order valence-corrected chi connectivity index (χ3v) is 15.2. The lowest BCUT2D eigenvalue weighted by molar-refractivity contribution is 0.252. The maximum absolute atomic E-state index is 7.21. The summed E-state index contributed by atoms with van der Waals surface area (Å²) >= 11 is 0. The number of hydrogen-bond acceptors (Lipinski definition) is 4. The molecule has 0 amide bonds. The molecule has 8 aromatic rings. The summed E-state index contributed by atoms with van der Waals surface area (Å²) in [5, 5.41) is 5.65. The minimum atomic E-state index is -1.91. The van der Waals surface area contributed by atoms with Crippen LogP contribution in [0.25, 0.3) is 49.7 Å². The third-order valence-electron chi connectivity index (χ3n) is 12.8. The summed E-state index contributed by atoms with van der Waals surface area (Å²) in [6, 6.07) is 50.3. The molecule has 7 aromatic carbocycles. The van der Waals surface area contributed by atoms with Gasteiger partial charge in [0.15, 0.2) is 0 Å². The fourth-order valence-corrected chi connectivity index (χ4v) is 12.3. The van der Waals surface area contributed by atoms with Crippen molar-refractivity contribution in [2.45, 2.75) is 69.6 Å². The molecule has 1 heterocycles. The van der Waals surface area contributed by atoms with Gasteiger partial charge in [0.05, 0.1) is 6.10 Å². The van der Waals surface area contributed by atoms with E-state index < -0.39 is 8.24 Å². The lowest BCUT2D eigenvalue weighted by atomic mass is 9.77. The lowest BCUT2D eigenvalue weighted by Gasteiger charge is -2.42. The van der Waals surface area contributed by atoms with E-state index in [1.165, 1.54) is 38.9 Å². The second kappa shape index (κ2) is 14.7. The zero-order chi connectivity index (χ0) is 39.7. The summed E-state index contributed by atoms with van der Waals surface area (Å²) in [4.78, 5) is 0. The molecule has 0 saturated carbocycles. The topological polar surface area (TPSA) is 44.7 Å². The number of benzene rings is 7. The molecule has 11 rings (SSSR count). The SMILES string of the molecule is CCCc1ccc2c(c1)C(C)(POC1C=Cc3ccccc3C1c1c(Op3oc4c(c5c(ccc6ccccc65)o3)-c3ccccc3C(C)C4)ccc3ccccc13)C2. The number of fused-ring (bicyclic) bond motifs is 10. The van der Waals surface area contributed by atoms with Crippen molar-refractivity contribution in [1.29, 1.82) is 0 Å². The first-order valence-electron chi connectivity index (χ1n) is 21.0. The second-order valence-corrected chi connectivity index (χ2v) is 19.3. The Balaban J connectivity index is 1.06. The first kappa shape index (κ1) is 36.7. The Kier molecular flexibility index (Phi) is 9.15. The van der Waals surface area contributed by atoms with Gasteiger partial charge in [-0.25, -0.2) is 0 Å². The lowest BCUT2D eigenvalue weighted by Crippen LogP contribution is -2.33. The second-order valence-electron chi connectivity index (χ2n) is 16.7. The van der Waals surface area contributed by atoms with Gasteiger partial charge in [-0.2, -0.15) is 0 Å². The molecular formula is C53H46O4P2. The summed E-state index contributed by atoms with van der Waals surface area (Å²) in [5.74, 6) is 1.82. The van der Waals surface area contributed by atoms with E-state index in [0.717, 1.165) is 80.8 Å². The smallest absolute Gasteiger partial charge is 0.395 e. The Morgan fingerprint density at radius 2 is 1.53 bits per heavy atom. The van der Waals surface area contributed by atoms with E-state index in [4.69, 9.17) is 17.4 Å². The van der Waals surface area contributed by atoms with Crippen molar-refractivity contribution in [1.82, 2.24) is 0 Å². The Labute approximate surface area is 348 Å². The summed E-state index contributed by atoms with van der Waals surface area (Å²) in [6.07, 6.45) is 8.33. The summed E-state index contributed by atoms with van der Waals surface area (Å²) in [5.41, 5.74) is 12.2. The van der Waals surface area contributed by atoms with Crippen LogP contribution in [-0.2, 0) is 28.9 Å². The third kappa shape index (κ3) is 6.27. The Bertz CT molecular complexity index is 3020. The Morgan fingerprint density at radius 1 is 0.780 bits per heavy atom. The highest BCUT2D eigenvalue weighted by Crippen LogP contribution is 2.56. The first-order chi connectivity index (χ1) is 29.0. The Hall–Kier alpha value is -5.37. The van der Waals surface area contributed by atoms with E-state index in [1.807, 2.05) is 0 Å². The normalized spacial score (nSPS) is 20.6. The molecule has 0 bridgehead atoms. The predicted octanol–water partition coefficient (Wildman–Crippen LogP) is 15.2. The van der Waals surface area contributed by atoms with Gasteiger partial charge in [-0.05, 0) is 98.3 Å². The standard InChI is InChI=1S/C53H46O4P2/c1-4-13-34-22-23-38-32-53(3,44(38)31-34)58-54-45-27-24-35-14-5-8-18-40(35)49(45)50-41-19-9-6-15-36(41)25-28-46(50)55-59-56-47-29-26-37-16-7-10-20-42(37)51(47)52-43-21-12-11-17-39(43)33(2)30-48(52)57-59/h5-12,14-29,31,33,45,49,58H,4,13,30,32H2,1-3H3. The van der Waals surface area contributed by atoms with E-state index in [0.29, 0.717) is 8.81 Å². The van der Waals surface area contributed by atoms with Crippen LogP contribution in [-0.4, -0.2) is 6.10 Å². The van der Waals surface area contributed by atoms with Gasteiger partial charge in [-0.1, -0.05) is 160 Å². The molecule has 59 heavy (non-hydrogen) atoms. The molecule has 0 saturated heterocycles. The van der Waals surface area contributed by atoms with Gasteiger partial charge in [0.2, 0.25) is 0 Å². The van der Waals surface area contributed by atoms with Gasteiger partial charge >= 0.3 is 8.24 Å². The average molecular weight is 809 g/mol. The van der Waals surface area contributed by atoms with Gasteiger partial charge in [0, 0.05) is 42.8 Å². The molecule has 6 heteroatoms. The van der Waals surface area contributed by atoms with Crippen LogP contribution in [0.3, 0.4) is 0 Å². The molecule has 292 valence electrons. The molecule has 3 aliphatic rings. The van der Waals surface area contributed by atoms with Gasteiger partial charge < -0.3 is 17.4 Å². The highest BCUT2D eigenvalue weighted by atomic mass is 31.1. The van der Waals surface area contributed by atoms with Gasteiger partial charge in [0.25, 0.3) is 0 Å². The van der Waals surface area contributed by atoms with Crippen LogP contribution in [0.4, 0.5) is 0 Å². The maximum Gasteiger partial charge on any atom is 0.452 e. The van der Waals surface area contributed by atoms with Gasteiger partial charge in [-0.3, -0.25) is 0 Å². The van der Waals surface area contributed by atoms with Crippen LogP contribution in [0.2, 0.25) is 0 Å². The molecule has 0 fully saturated rings. The fourth-order valence-electron chi connectivity index (χ4n) is 9.97.